The maximum Gasteiger partial charge on any atom is 0.259 e. The summed E-state index contributed by atoms with van der Waals surface area (Å²) in [6.07, 6.45) is 5.62. The fraction of sp³-hybridized carbons (Fsp3) is 0.0417. The van der Waals surface area contributed by atoms with E-state index in [1.54, 1.807) is 25.3 Å². The number of nitrogens with zero attached hydrogens (tertiary/aromatic N) is 4. The second kappa shape index (κ2) is 7.94. The van der Waals surface area contributed by atoms with E-state index in [2.05, 4.69) is 15.5 Å². The average molecular weight is 447 g/mol. The summed E-state index contributed by atoms with van der Waals surface area (Å²) in [5, 5.41) is 11.0. The Morgan fingerprint density at radius 1 is 0.909 bits per heavy atom. The van der Waals surface area contributed by atoms with Crippen LogP contribution in [0, 0.1) is 24.4 Å². The molecular weight excluding hydrogens is 431 g/mol. The first-order valence-corrected chi connectivity index (χ1v) is 9.94. The number of aromatic nitrogens is 4. The molecule has 0 saturated heterocycles. The maximum atomic E-state index is 14.8. The molecule has 0 aliphatic heterocycles. The van der Waals surface area contributed by atoms with Gasteiger partial charge in [0.15, 0.2) is 0 Å². The van der Waals surface area contributed by atoms with Gasteiger partial charge in [0, 0.05) is 23.0 Å². The molecule has 0 aliphatic rings. The molecule has 0 unspecified atom stereocenters. The van der Waals surface area contributed by atoms with Crippen LogP contribution in [-0.2, 0) is 0 Å². The Labute approximate surface area is 185 Å². The van der Waals surface area contributed by atoms with Crippen molar-refractivity contribution >= 4 is 17.1 Å². The molecule has 1 N–H and O–H groups in total. The van der Waals surface area contributed by atoms with Crippen molar-refractivity contribution in [1.82, 2.24) is 19.4 Å². The number of rotatable bonds is 4. The van der Waals surface area contributed by atoms with Gasteiger partial charge in [-0.1, -0.05) is 0 Å². The zero-order valence-electron chi connectivity index (χ0n) is 17.3. The minimum absolute atomic E-state index is 0.242. The quantitative estimate of drug-likeness (QED) is 0.414. The highest BCUT2D eigenvalue weighted by atomic mass is 19.1. The van der Waals surface area contributed by atoms with Crippen LogP contribution < -0.4 is 5.32 Å². The predicted molar refractivity (Wildman–Crippen MR) is 117 cm³/mol. The SMILES string of the molecule is Cc1cc(F)c(-c2cnn(-c3ccc(F)cc3)c2)cc1NC(=O)c1cnn2cc(F)ccc12. The molecule has 0 atom stereocenters. The Morgan fingerprint density at radius 2 is 1.67 bits per heavy atom. The van der Waals surface area contributed by atoms with E-state index in [0.29, 0.717) is 28.0 Å². The van der Waals surface area contributed by atoms with E-state index >= 15 is 0 Å². The van der Waals surface area contributed by atoms with E-state index < -0.39 is 17.5 Å². The van der Waals surface area contributed by atoms with E-state index in [-0.39, 0.29) is 16.9 Å². The smallest absolute Gasteiger partial charge is 0.259 e. The molecule has 3 aromatic heterocycles. The van der Waals surface area contributed by atoms with E-state index in [0.717, 1.165) is 0 Å². The molecule has 6 nitrogen and oxygen atoms in total. The fourth-order valence-electron chi connectivity index (χ4n) is 3.55. The minimum Gasteiger partial charge on any atom is -0.322 e. The molecule has 3 heterocycles. The van der Waals surface area contributed by atoms with Crippen LogP contribution in [0.1, 0.15) is 15.9 Å². The van der Waals surface area contributed by atoms with Gasteiger partial charge in [0.1, 0.15) is 17.5 Å². The third-order valence-corrected chi connectivity index (χ3v) is 5.27. The van der Waals surface area contributed by atoms with Crippen molar-refractivity contribution in [3.8, 4) is 16.8 Å². The summed E-state index contributed by atoms with van der Waals surface area (Å²) in [5.74, 6) is -1.78. The molecule has 2 aromatic carbocycles. The highest BCUT2D eigenvalue weighted by Gasteiger charge is 2.17. The minimum atomic E-state index is -0.476. The summed E-state index contributed by atoms with van der Waals surface area (Å²) >= 11 is 0. The zero-order valence-corrected chi connectivity index (χ0v) is 17.3. The largest absolute Gasteiger partial charge is 0.322 e. The number of pyridine rings is 1. The van der Waals surface area contributed by atoms with Crippen LogP contribution in [0.4, 0.5) is 18.9 Å². The van der Waals surface area contributed by atoms with Gasteiger partial charge in [0.05, 0.1) is 35.4 Å². The molecule has 33 heavy (non-hydrogen) atoms. The number of halogens is 3. The summed E-state index contributed by atoms with van der Waals surface area (Å²) in [4.78, 5) is 12.9. The molecule has 5 rings (SSSR count). The molecule has 164 valence electrons. The van der Waals surface area contributed by atoms with Crippen LogP contribution in [0.25, 0.3) is 22.3 Å². The number of benzene rings is 2. The van der Waals surface area contributed by atoms with E-state index in [1.165, 1.54) is 64.2 Å². The van der Waals surface area contributed by atoms with Crippen LogP contribution in [0.5, 0.6) is 0 Å². The van der Waals surface area contributed by atoms with Crippen molar-refractivity contribution in [1.29, 1.82) is 0 Å². The summed E-state index contributed by atoms with van der Waals surface area (Å²) < 4.78 is 44.1. The number of fused-ring (bicyclic) bond motifs is 1. The molecule has 0 radical (unpaired) electrons. The summed E-state index contributed by atoms with van der Waals surface area (Å²) in [6, 6.07) is 11.3. The molecule has 9 heteroatoms. The van der Waals surface area contributed by atoms with Crippen LogP contribution in [0.2, 0.25) is 0 Å². The van der Waals surface area contributed by atoms with Crippen LogP contribution in [-0.4, -0.2) is 25.3 Å². The molecular formula is C24H16F3N5O. The van der Waals surface area contributed by atoms with Gasteiger partial charge in [-0.05, 0) is 61.0 Å². The summed E-state index contributed by atoms with van der Waals surface area (Å²) in [5.41, 5.74) is 2.97. The number of hydrogen-bond donors (Lipinski definition) is 1. The van der Waals surface area contributed by atoms with E-state index in [1.807, 2.05) is 0 Å². The standard InChI is InChI=1S/C24H16F3N5O/c1-14-8-21(27)19(15-10-28-31(12-15)18-5-2-16(25)3-6-18)9-22(14)30-24(33)20-11-29-32-13-17(26)4-7-23(20)32/h2-13H,1H3,(H,30,33). The normalized spacial score (nSPS) is 11.2. The summed E-state index contributed by atoms with van der Waals surface area (Å²) in [6.45, 7) is 1.68. The van der Waals surface area contributed by atoms with Crippen molar-refractivity contribution in [3.63, 3.8) is 0 Å². The molecule has 0 aliphatic carbocycles. The first kappa shape index (κ1) is 20.5. The lowest BCUT2D eigenvalue weighted by molar-refractivity contribution is 0.102. The third kappa shape index (κ3) is 3.84. The van der Waals surface area contributed by atoms with Gasteiger partial charge >= 0.3 is 0 Å². The van der Waals surface area contributed by atoms with Gasteiger partial charge in [-0.25, -0.2) is 22.4 Å². The van der Waals surface area contributed by atoms with Crippen molar-refractivity contribution in [2.24, 2.45) is 0 Å². The van der Waals surface area contributed by atoms with Crippen molar-refractivity contribution in [3.05, 3.63) is 102 Å². The third-order valence-electron chi connectivity index (χ3n) is 5.27. The monoisotopic (exact) mass is 447 g/mol. The highest BCUT2D eigenvalue weighted by Crippen LogP contribution is 2.29. The van der Waals surface area contributed by atoms with Crippen molar-refractivity contribution in [2.75, 3.05) is 5.32 Å². The number of anilines is 1. The molecule has 0 spiro atoms. The molecule has 0 fully saturated rings. The van der Waals surface area contributed by atoms with Crippen LogP contribution in [0.3, 0.4) is 0 Å². The Bertz CT molecular complexity index is 1500. The Kier molecular flexibility index (Phi) is 4.93. The topological polar surface area (TPSA) is 64.2 Å². The lowest BCUT2D eigenvalue weighted by atomic mass is 10.0. The number of aryl methyl sites for hydroxylation is 1. The zero-order chi connectivity index (χ0) is 23.1. The van der Waals surface area contributed by atoms with E-state index in [9.17, 15) is 18.0 Å². The van der Waals surface area contributed by atoms with Gasteiger partial charge in [-0.15, -0.1) is 0 Å². The van der Waals surface area contributed by atoms with Crippen LogP contribution in [0.15, 0.2) is 73.3 Å². The van der Waals surface area contributed by atoms with Gasteiger partial charge in [-0.2, -0.15) is 10.2 Å². The second-order valence-corrected chi connectivity index (χ2v) is 7.49. The van der Waals surface area contributed by atoms with Gasteiger partial charge in [0.2, 0.25) is 0 Å². The Morgan fingerprint density at radius 3 is 2.45 bits per heavy atom. The Balaban J connectivity index is 1.46. The lowest BCUT2D eigenvalue weighted by Gasteiger charge is -2.11. The summed E-state index contributed by atoms with van der Waals surface area (Å²) in [7, 11) is 0. The molecule has 0 saturated carbocycles. The van der Waals surface area contributed by atoms with Gasteiger partial charge < -0.3 is 5.32 Å². The van der Waals surface area contributed by atoms with Gasteiger partial charge in [0.25, 0.3) is 5.91 Å². The average Bonchev–Trinajstić information content (AvgIpc) is 3.43. The molecule has 5 aromatic rings. The lowest BCUT2D eigenvalue weighted by Crippen LogP contribution is -2.13. The molecule has 1 amide bonds. The van der Waals surface area contributed by atoms with Crippen molar-refractivity contribution in [2.45, 2.75) is 6.92 Å². The molecule has 0 bridgehead atoms. The van der Waals surface area contributed by atoms with Crippen LogP contribution >= 0.6 is 0 Å². The first-order chi connectivity index (χ1) is 15.9. The predicted octanol–water partition coefficient (Wildman–Crippen LogP) is 5.17. The number of nitrogens with one attached hydrogen (secondary N) is 1. The highest BCUT2D eigenvalue weighted by molar-refractivity contribution is 6.09. The maximum absolute atomic E-state index is 14.8. The Hall–Kier alpha value is -4.40. The van der Waals surface area contributed by atoms with Crippen molar-refractivity contribution < 1.29 is 18.0 Å². The number of carbonyl (C=O) groups is 1. The fourth-order valence-corrected chi connectivity index (χ4v) is 3.55. The van der Waals surface area contributed by atoms with E-state index in [4.69, 9.17) is 0 Å². The van der Waals surface area contributed by atoms with Gasteiger partial charge in [-0.3, -0.25) is 4.79 Å². The first-order valence-electron chi connectivity index (χ1n) is 9.94. The second-order valence-electron chi connectivity index (χ2n) is 7.49. The number of carbonyl (C=O) groups excluding carboxylic acids is 1. The number of amides is 1. The number of hydrogen-bond acceptors (Lipinski definition) is 3.